The van der Waals surface area contributed by atoms with Crippen LogP contribution in [0.25, 0.3) is 0 Å². The Balaban J connectivity index is 1.44. The second-order valence-corrected chi connectivity index (χ2v) is 9.65. The van der Waals surface area contributed by atoms with Crippen LogP contribution in [0.5, 0.6) is 0 Å². The van der Waals surface area contributed by atoms with Gasteiger partial charge in [-0.3, -0.25) is 14.5 Å². The zero-order chi connectivity index (χ0) is 25.5. The van der Waals surface area contributed by atoms with Crippen LogP contribution in [-0.4, -0.2) is 43.7 Å². The fourth-order valence-electron chi connectivity index (χ4n) is 4.14. The Bertz CT molecular complexity index is 1230. The molecular formula is C23H27F3N8O. The van der Waals surface area contributed by atoms with Crippen molar-refractivity contribution in [3.63, 3.8) is 0 Å². The highest BCUT2D eigenvalue weighted by Gasteiger charge is 2.40. The molecule has 4 heterocycles. The van der Waals surface area contributed by atoms with Crippen molar-refractivity contribution in [2.24, 2.45) is 5.41 Å². The quantitative estimate of drug-likeness (QED) is 0.563. The number of anilines is 3. The van der Waals surface area contributed by atoms with Crippen LogP contribution in [0.1, 0.15) is 43.3 Å². The second-order valence-electron chi connectivity index (χ2n) is 9.65. The van der Waals surface area contributed by atoms with E-state index in [2.05, 4.69) is 30.7 Å². The number of hydrogen-bond donors (Lipinski definition) is 2. The summed E-state index contributed by atoms with van der Waals surface area (Å²) in [4.78, 5) is 27.1. The lowest BCUT2D eigenvalue weighted by atomic mass is 9.84. The van der Waals surface area contributed by atoms with Gasteiger partial charge in [0, 0.05) is 31.5 Å². The molecule has 12 heteroatoms. The van der Waals surface area contributed by atoms with Gasteiger partial charge in [0.15, 0.2) is 5.82 Å². The first kappa shape index (κ1) is 24.4. The SMILES string of the molecule is Cc1nc(NCc2cnn(Cc3ccc(C(F)(F)F)nc3)c2)nc2c1NC(=O)[C@H](C(C)(C)C)N2C. The van der Waals surface area contributed by atoms with Crippen molar-refractivity contribution >= 4 is 23.4 Å². The number of halogens is 3. The smallest absolute Gasteiger partial charge is 0.350 e. The molecule has 0 fully saturated rings. The van der Waals surface area contributed by atoms with Crippen LogP contribution in [0.3, 0.4) is 0 Å². The van der Waals surface area contributed by atoms with E-state index in [0.717, 1.165) is 11.6 Å². The average Bonchev–Trinajstić information content (AvgIpc) is 3.19. The Morgan fingerprint density at radius 3 is 2.49 bits per heavy atom. The molecule has 9 nitrogen and oxygen atoms in total. The molecule has 0 unspecified atom stereocenters. The van der Waals surface area contributed by atoms with E-state index in [-0.39, 0.29) is 23.9 Å². The normalized spacial score (nSPS) is 16.2. The zero-order valence-corrected chi connectivity index (χ0v) is 20.1. The van der Waals surface area contributed by atoms with Crippen molar-refractivity contribution in [3.8, 4) is 0 Å². The number of aryl methyl sites for hydroxylation is 1. The summed E-state index contributed by atoms with van der Waals surface area (Å²) in [6.07, 6.45) is 0.191. The summed E-state index contributed by atoms with van der Waals surface area (Å²) < 4.78 is 39.7. The number of aromatic nitrogens is 5. The highest BCUT2D eigenvalue weighted by atomic mass is 19.4. The van der Waals surface area contributed by atoms with Gasteiger partial charge >= 0.3 is 6.18 Å². The Hall–Kier alpha value is -3.70. The third-order valence-corrected chi connectivity index (χ3v) is 5.71. The van der Waals surface area contributed by atoms with Crippen molar-refractivity contribution in [2.45, 2.75) is 53.0 Å². The monoisotopic (exact) mass is 488 g/mol. The van der Waals surface area contributed by atoms with Crippen LogP contribution in [0.2, 0.25) is 0 Å². The minimum absolute atomic E-state index is 0.0874. The molecule has 1 amide bonds. The number of carbonyl (C=O) groups excluding carboxylic acids is 1. The predicted molar refractivity (Wildman–Crippen MR) is 125 cm³/mol. The minimum Gasteiger partial charge on any atom is -0.350 e. The number of amides is 1. The molecule has 0 saturated carbocycles. The fourth-order valence-corrected chi connectivity index (χ4v) is 4.14. The number of nitrogens with zero attached hydrogens (tertiary/aromatic N) is 6. The predicted octanol–water partition coefficient (Wildman–Crippen LogP) is 3.86. The molecule has 1 aliphatic rings. The van der Waals surface area contributed by atoms with E-state index in [9.17, 15) is 18.0 Å². The molecule has 3 aromatic rings. The highest BCUT2D eigenvalue weighted by Crippen LogP contribution is 2.37. The molecule has 35 heavy (non-hydrogen) atoms. The second kappa shape index (κ2) is 8.82. The number of pyridine rings is 1. The molecule has 1 atom stereocenters. The Morgan fingerprint density at radius 2 is 1.86 bits per heavy atom. The van der Waals surface area contributed by atoms with E-state index in [0.29, 0.717) is 35.3 Å². The number of hydrogen-bond acceptors (Lipinski definition) is 7. The molecule has 1 aliphatic heterocycles. The first-order chi connectivity index (χ1) is 16.3. The number of nitrogens with one attached hydrogen (secondary N) is 2. The molecule has 4 rings (SSSR count). The van der Waals surface area contributed by atoms with E-state index in [1.54, 1.807) is 17.1 Å². The average molecular weight is 489 g/mol. The summed E-state index contributed by atoms with van der Waals surface area (Å²) in [6, 6.07) is 1.97. The maximum atomic E-state index is 12.7. The Labute approximate surface area is 200 Å². The van der Waals surface area contributed by atoms with Crippen molar-refractivity contribution in [2.75, 3.05) is 22.6 Å². The summed E-state index contributed by atoms with van der Waals surface area (Å²) in [6.45, 7) is 8.51. The molecule has 0 aromatic carbocycles. The topological polar surface area (TPSA) is 101 Å². The van der Waals surface area contributed by atoms with E-state index >= 15 is 0 Å². The van der Waals surface area contributed by atoms with Crippen molar-refractivity contribution in [3.05, 3.63) is 53.2 Å². The van der Waals surface area contributed by atoms with Gasteiger partial charge in [-0.25, -0.2) is 4.98 Å². The van der Waals surface area contributed by atoms with Crippen LogP contribution < -0.4 is 15.5 Å². The van der Waals surface area contributed by atoms with Crippen LogP contribution in [-0.2, 0) is 24.1 Å². The minimum atomic E-state index is -4.46. The van der Waals surface area contributed by atoms with Crippen LogP contribution in [0, 0.1) is 12.3 Å². The lowest BCUT2D eigenvalue weighted by molar-refractivity contribution is -0.141. The van der Waals surface area contributed by atoms with E-state index in [1.165, 1.54) is 12.3 Å². The molecule has 0 bridgehead atoms. The van der Waals surface area contributed by atoms with Gasteiger partial charge in [-0.2, -0.15) is 23.3 Å². The molecule has 186 valence electrons. The maximum absolute atomic E-state index is 12.7. The summed E-state index contributed by atoms with van der Waals surface area (Å²) in [5, 5.41) is 10.4. The molecule has 2 N–H and O–H groups in total. The molecule has 0 saturated heterocycles. The van der Waals surface area contributed by atoms with Gasteiger partial charge < -0.3 is 15.5 Å². The van der Waals surface area contributed by atoms with Gasteiger partial charge in [0.05, 0.1) is 18.4 Å². The molecule has 0 radical (unpaired) electrons. The van der Waals surface area contributed by atoms with Crippen molar-refractivity contribution in [1.82, 2.24) is 24.7 Å². The summed E-state index contributed by atoms with van der Waals surface area (Å²) >= 11 is 0. The van der Waals surface area contributed by atoms with Crippen LogP contribution in [0.4, 0.5) is 30.6 Å². The van der Waals surface area contributed by atoms with Gasteiger partial charge in [-0.05, 0) is 24.0 Å². The van der Waals surface area contributed by atoms with Crippen LogP contribution in [0.15, 0.2) is 30.7 Å². The van der Waals surface area contributed by atoms with E-state index in [4.69, 9.17) is 0 Å². The number of rotatable bonds is 5. The van der Waals surface area contributed by atoms with Gasteiger partial charge in [0.25, 0.3) is 0 Å². The summed E-state index contributed by atoms with van der Waals surface area (Å²) in [5.41, 5.74) is 1.48. The molecule has 0 spiro atoms. The lowest BCUT2D eigenvalue weighted by Crippen LogP contribution is -2.53. The van der Waals surface area contributed by atoms with Crippen molar-refractivity contribution in [1.29, 1.82) is 0 Å². The maximum Gasteiger partial charge on any atom is 0.433 e. The van der Waals surface area contributed by atoms with Gasteiger partial charge in [0.1, 0.15) is 17.4 Å². The highest BCUT2D eigenvalue weighted by molar-refractivity contribution is 6.03. The number of likely N-dealkylation sites (N-methyl/N-ethyl adjacent to an activating group) is 1. The molecule has 3 aromatic heterocycles. The third-order valence-electron chi connectivity index (χ3n) is 5.71. The standard InChI is InChI=1S/C23H27F3N8O/c1-13-17-19(33(5)18(20(35)31-17)22(2,3)4)32-21(30-13)28-9-15-10-29-34(12-15)11-14-6-7-16(27-8-14)23(24,25)26/h6-8,10,12,18H,9,11H2,1-5H3,(H,31,35)(H,28,30,32)/t18-/m1/s1. The van der Waals surface area contributed by atoms with E-state index < -0.39 is 11.9 Å². The number of carbonyl (C=O) groups is 1. The largest absolute Gasteiger partial charge is 0.433 e. The van der Waals surface area contributed by atoms with E-state index in [1.807, 2.05) is 39.6 Å². The summed E-state index contributed by atoms with van der Waals surface area (Å²) in [5.74, 6) is 0.970. The zero-order valence-electron chi connectivity index (χ0n) is 20.1. The third kappa shape index (κ3) is 5.20. The first-order valence-corrected chi connectivity index (χ1v) is 11.0. The Morgan fingerprint density at radius 1 is 1.11 bits per heavy atom. The fraction of sp³-hybridized carbons (Fsp3) is 0.435. The van der Waals surface area contributed by atoms with Crippen LogP contribution >= 0.6 is 0 Å². The molecule has 0 aliphatic carbocycles. The van der Waals surface area contributed by atoms with Gasteiger partial charge in [-0.15, -0.1) is 0 Å². The van der Waals surface area contributed by atoms with Gasteiger partial charge in [0.2, 0.25) is 11.9 Å². The Kier molecular flexibility index (Phi) is 6.16. The van der Waals surface area contributed by atoms with Crippen molar-refractivity contribution < 1.29 is 18.0 Å². The first-order valence-electron chi connectivity index (χ1n) is 11.0. The molecular weight excluding hydrogens is 461 g/mol. The summed E-state index contributed by atoms with van der Waals surface area (Å²) in [7, 11) is 1.85. The number of alkyl halides is 3. The number of fused-ring (bicyclic) bond motifs is 1. The van der Waals surface area contributed by atoms with Gasteiger partial charge in [-0.1, -0.05) is 26.8 Å². The lowest BCUT2D eigenvalue weighted by Gasteiger charge is -2.41.